The number of alkyl halides is 2. The lowest BCUT2D eigenvalue weighted by molar-refractivity contribution is 0.0930. The summed E-state index contributed by atoms with van der Waals surface area (Å²) in [4.78, 5) is 0. The smallest absolute Gasteiger partial charge is 0.240 e. The maximum atomic E-state index is 12.0. The molecule has 0 radical (unpaired) electrons. The number of hydrogen-bond donors (Lipinski definition) is 2. The molecular weight excluding hydrogens is 150 g/mol. The molecule has 11 heavy (non-hydrogen) atoms. The summed E-state index contributed by atoms with van der Waals surface area (Å²) in [7, 11) is 0. The highest BCUT2D eigenvalue weighted by atomic mass is 19.3. The predicted molar refractivity (Wildman–Crippen MR) is 39.6 cm³/mol. The quantitative estimate of drug-likeness (QED) is 0.631. The van der Waals surface area contributed by atoms with Gasteiger partial charge in [-0.2, -0.15) is 0 Å². The molecule has 2 nitrogen and oxygen atoms in total. The van der Waals surface area contributed by atoms with Crippen LogP contribution in [0.25, 0.3) is 0 Å². The first-order valence-electron chi connectivity index (χ1n) is 3.90. The van der Waals surface area contributed by atoms with Crippen LogP contribution in [0.5, 0.6) is 0 Å². The summed E-state index contributed by atoms with van der Waals surface area (Å²) in [5.74, 6) is 0. The van der Waals surface area contributed by atoms with Gasteiger partial charge >= 0.3 is 0 Å². The molecule has 1 heterocycles. The van der Waals surface area contributed by atoms with Gasteiger partial charge in [-0.25, -0.2) is 8.78 Å². The van der Waals surface area contributed by atoms with Crippen LogP contribution >= 0.6 is 0 Å². The van der Waals surface area contributed by atoms with E-state index < -0.39 is 12.0 Å². The Morgan fingerprint density at radius 3 is 2.36 bits per heavy atom. The highest BCUT2D eigenvalue weighted by molar-refractivity contribution is 4.89. The van der Waals surface area contributed by atoms with Crippen LogP contribution in [0.4, 0.5) is 8.78 Å². The van der Waals surface area contributed by atoms with Crippen molar-refractivity contribution < 1.29 is 8.78 Å². The molecule has 4 heteroatoms. The molecule has 1 aliphatic heterocycles. The number of piperidine rings is 1. The minimum Gasteiger partial charge on any atom is -0.325 e. The van der Waals surface area contributed by atoms with Gasteiger partial charge in [0.1, 0.15) is 0 Å². The number of hydrogen-bond acceptors (Lipinski definition) is 2. The molecule has 0 saturated carbocycles. The Morgan fingerprint density at radius 1 is 1.36 bits per heavy atom. The topological polar surface area (TPSA) is 38.0 Å². The van der Waals surface area contributed by atoms with Gasteiger partial charge in [-0.1, -0.05) is 0 Å². The zero-order chi connectivity index (χ0) is 8.32. The Morgan fingerprint density at radius 2 is 1.91 bits per heavy atom. The van der Waals surface area contributed by atoms with Crippen molar-refractivity contribution in [2.45, 2.75) is 31.2 Å². The van der Waals surface area contributed by atoms with Gasteiger partial charge in [-0.3, -0.25) is 0 Å². The number of rotatable bonds is 2. The van der Waals surface area contributed by atoms with Crippen LogP contribution in [0.1, 0.15) is 19.3 Å². The van der Waals surface area contributed by atoms with Crippen molar-refractivity contribution >= 4 is 0 Å². The van der Waals surface area contributed by atoms with Gasteiger partial charge in [0, 0.05) is 12.0 Å². The van der Waals surface area contributed by atoms with E-state index in [1.54, 1.807) is 0 Å². The normalized spacial score (nSPS) is 24.0. The maximum absolute atomic E-state index is 12.0. The van der Waals surface area contributed by atoms with Crippen molar-refractivity contribution in [3.8, 4) is 0 Å². The molecule has 0 unspecified atom stereocenters. The third-order valence-corrected chi connectivity index (χ3v) is 2.16. The predicted octanol–water partition coefficient (Wildman–Crippen LogP) is 0.722. The van der Waals surface area contributed by atoms with Crippen molar-refractivity contribution in [3.63, 3.8) is 0 Å². The van der Waals surface area contributed by atoms with E-state index in [1.807, 2.05) is 0 Å². The average Bonchev–Trinajstić information content (AvgIpc) is 1.85. The molecule has 66 valence electrons. The molecule has 0 aromatic heterocycles. The third-order valence-electron chi connectivity index (χ3n) is 2.16. The van der Waals surface area contributed by atoms with Gasteiger partial charge in [0.25, 0.3) is 0 Å². The molecule has 3 N–H and O–H groups in total. The average molecular weight is 164 g/mol. The molecule has 0 bridgehead atoms. The fraction of sp³-hybridized carbons (Fsp3) is 1.00. The van der Waals surface area contributed by atoms with E-state index >= 15 is 0 Å². The standard InChI is InChI=1S/C7H14F2N2/c8-6(9)5-7(10)1-3-11-4-2-7/h6,11H,1-5,10H2. The monoisotopic (exact) mass is 164 g/mol. The van der Waals surface area contributed by atoms with Gasteiger partial charge in [0.05, 0.1) is 0 Å². The van der Waals surface area contributed by atoms with Crippen molar-refractivity contribution in [1.82, 2.24) is 5.32 Å². The number of nitrogens with one attached hydrogen (secondary N) is 1. The van der Waals surface area contributed by atoms with Crippen LogP contribution in [0.3, 0.4) is 0 Å². The molecule has 0 amide bonds. The summed E-state index contributed by atoms with van der Waals surface area (Å²) >= 11 is 0. The molecule has 0 aromatic carbocycles. The Balaban J connectivity index is 2.37. The molecular formula is C7H14F2N2. The molecule has 1 fully saturated rings. The summed E-state index contributed by atoms with van der Waals surface area (Å²) in [6, 6.07) is 0. The highest BCUT2D eigenvalue weighted by Crippen LogP contribution is 2.22. The van der Waals surface area contributed by atoms with Crippen LogP contribution in [-0.4, -0.2) is 25.1 Å². The van der Waals surface area contributed by atoms with Gasteiger partial charge in [-0.05, 0) is 25.9 Å². The summed E-state index contributed by atoms with van der Waals surface area (Å²) in [6.07, 6.45) is -1.10. The lowest BCUT2D eigenvalue weighted by Gasteiger charge is -2.33. The summed E-state index contributed by atoms with van der Waals surface area (Å²) in [5, 5.41) is 3.09. The molecule has 1 aliphatic rings. The second-order valence-corrected chi connectivity index (χ2v) is 3.21. The van der Waals surface area contributed by atoms with E-state index in [9.17, 15) is 8.78 Å². The van der Waals surface area contributed by atoms with E-state index in [4.69, 9.17) is 5.73 Å². The molecule has 0 aromatic rings. The Hall–Kier alpha value is -0.220. The van der Waals surface area contributed by atoms with Crippen LogP contribution in [-0.2, 0) is 0 Å². The maximum Gasteiger partial charge on any atom is 0.240 e. The van der Waals surface area contributed by atoms with Gasteiger partial charge in [0.2, 0.25) is 6.43 Å². The zero-order valence-electron chi connectivity index (χ0n) is 6.45. The molecule has 0 atom stereocenters. The van der Waals surface area contributed by atoms with Crippen LogP contribution in [0.2, 0.25) is 0 Å². The summed E-state index contributed by atoms with van der Waals surface area (Å²) in [5.41, 5.74) is 5.13. The first-order valence-corrected chi connectivity index (χ1v) is 3.90. The van der Waals surface area contributed by atoms with Gasteiger partial charge in [-0.15, -0.1) is 0 Å². The summed E-state index contributed by atoms with van der Waals surface area (Å²) in [6.45, 7) is 1.53. The van der Waals surface area contributed by atoms with Crippen molar-refractivity contribution in [2.24, 2.45) is 5.73 Å². The number of halogens is 2. The minimum absolute atomic E-state index is 0.158. The van der Waals surface area contributed by atoms with Crippen LogP contribution < -0.4 is 11.1 Å². The van der Waals surface area contributed by atoms with E-state index in [2.05, 4.69) is 5.32 Å². The zero-order valence-corrected chi connectivity index (χ0v) is 6.45. The second kappa shape index (κ2) is 3.45. The van der Waals surface area contributed by atoms with E-state index in [1.165, 1.54) is 0 Å². The van der Waals surface area contributed by atoms with Gasteiger partial charge < -0.3 is 11.1 Å². The SMILES string of the molecule is NC1(CC(F)F)CCNCC1. The highest BCUT2D eigenvalue weighted by Gasteiger charge is 2.30. The van der Waals surface area contributed by atoms with Crippen molar-refractivity contribution in [1.29, 1.82) is 0 Å². The van der Waals surface area contributed by atoms with Crippen molar-refractivity contribution in [3.05, 3.63) is 0 Å². The first kappa shape index (κ1) is 8.87. The minimum atomic E-state index is -2.27. The lowest BCUT2D eigenvalue weighted by Crippen LogP contribution is -2.49. The van der Waals surface area contributed by atoms with E-state index in [0.717, 1.165) is 13.1 Å². The number of nitrogens with two attached hydrogens (primary N) is 1. The van der Waals surface area contributed by atoms with E-state index in [-0.39, 0.29) is 6.42 Å². The first-order chi connectivity index (χ1) is 5.12. The lowest BCUT2D eigenvalue weighted by atomic mass is 9.86. The molecule has 1 saturated heterocycles. The molecule has 1 rings (SSSR count). The van der Waals surface area contributed by atoms with Crippen LogP contribution in [0, 0.1) is 0 Å². The molecule has 0 spiro atoms. The Kier molecular flexibility index (Phi) is 2.78. The van der Waals surface area contributed by atoms with E-state index in [0.29, 0.717) is 12.8 Å². The molecule has 0 aliphatic carbocycles. The fourth-order valence-electron chi connectivity index (χ4n) is 1.44. The summed E-state index contributed by atoms with van der Waals surface area (Å²) < 4.78 is 23.9. The fourth-order valence-corrected chi connectivity index (χ4v) is 1.44. The third kappa shape index (κ3) is 2.71. The van der Waals surface area contributed by atoms with Crippen LogP contribution in [0.15, 0.2) is 0 Å². The Bertz CT molecular complexity index is 122. The van der Waals surface area contributed by atoms with Gasteiger partial charge in [0.15, 0.2) is 0 Å². The largest absolute Gasteiger partial charge is 0.325 e. The second-order valence-electron chi connectivity index (χ2n) is 3.21. The Labute approximate surface area is 65.1 Å². The van der Waals surface area contributed by atoms with Crippen molar-refractivity contribution in [2.75, 3.05) is 13.1 Å².